The van der Waals surface area contributed by atoms with Gasteiger partial charge < -0.3 is 4.42 Å². The average Bonchev–Trinajstić information content (AvgIpc) is 2.32. The number of aryl methyl sites for hydroxylation is 1. The largest absolute Gasteiger partial charge is 0.460 e. The normalized spacial score (nSPS) is 13.5. The fourth-order valence-electron chi connectivity index (χ4n) is 1.78. The van der Waals surface area contributed by atoms with Crippen molar-refractivity contribution in [3.63, 3.8) is 0 Å². The van der Waals surface area contributed by atoms with Crippen LogP contribution < -0.4 is 0 Å². The second-order valence-corrected chi connectivity index (χ2v) is 3.17. The molecular weight excluding hydrogens is 136 g/mol. The minimum absolute atomic E-state index is 0.998. The van der Waals surface area contributed by atoms with E-state index in [1.54, 1.807) is 0 Å². The van der Waals surface area contributed by atoms with Crippen LogP contribution in [0, 0.1) is 6.92 Å². The van der Waals surface area contributed by atoms with Crippen molar-refractivity contribution in [1.29, 1.82) is 0 Å². The molecule has 0 aromatic rings. The Balaban J connectivity index is 2.57. The Kier molecular flexibility index (Phi) is 0.738. The summed E-state index contributed by atoms with van der Waals surface area (Å²) in [6.45, 7) is 2.11. The van der Waals surface area contributed by atoms with Crippen LogP contribution in [0.25, 0.3) is 11.3 Å². The molecule has 0 aromatic carbocycles. The van der Waals surface area contributed by atoms with Crippen LogP contribution in [0.4, 0.5) is 0 Å². The van der Waals surface area contributed by atoms with Crippen LogP contribution >= 0.6 is 0 Å². The molecule has 0 atom stereocenters. The van der Waals surface area contributed by atoms with E-state index in [9.17, 15) is 0 Å². The number of fused-ring (bicyclic) bond motifs is 1. The van der Waals surface area contributed by atoms with Crippen molar-refractivity contribution in [2.45, 2.75) is 13.3 Å². The molecule has 1 heteroatoms. The highest BCUT2D eigenvalue weighted by atomic mass is 16.3. The monoisotopic (exact) mass is 144 g/mol. The number of rotatable bonds is 0. The Morgan fingerprint density at radius 3 is 3.00 bits per heavy atom. The van der Waals surface area contributed by atoms with Gasteiger partial charge in [-0.2, -0.15) is 0 Å². The average molecular weight is 144 g/mol. The van der Waals surface area contributed by atoms with Crippen LogP contribution in [-0.2, 0) is 6.42 Å². The first kappa shape index (κ1) is 5.42. The van der Waals surface area contributed by atoms with Crippen molar-refractivity contribution in [3.8, 4) is 11.3 Å². The van der Waals surface area contributed by atoms with E-state index in [4.69, 9.17) is 4.42 Å². The molecule has 2 heterocycles. The smallest absolute Gasteiger partial charge is 0.134 e. The van der Waals surface area contributed by atoms with Crippen LogP contribution in [0.2, 0.25) is 0 Å². The maximum absolute atomic E-state index is 5.61. The van der Waals surface area contributed by atoms with E-state index in [1.165, 1.54) is 16.7 Å². The van der Waals surface area contributed by atoms with Gasteiger partial charge in [-0.3, -0.25) is 0 Å². The minimum Gasteiger partial charge on any atom is -0.460 e. The van der Waals surface area contributed by atoms with Crippen molar-refractivity contribution in [2.24, 2.45) is 0 Å². The molecule has 2 aliphatic heterocycles. The van der Waals surface area contributed by atoms with Gasteiger partial charge in [-0.05, 0) is 30.2 Å². The first-order chi connectivity index (χ1) is 5.34. The van der Waals surface area contributed by atoms with Gasteiger partial charge in [0.25, 0.3) is 0 Å². The van der Waals surface area contributed by atoms with E-state index >= 15 is 0 Å². The minimum atomic E-state index is 0.998. The highest BCUT2D eigenvalue weighted by Crippen LogP contribution is 2.37. The van der Waals surface area contributed by atoms with Crippen molar-refractivity contribution >= 4 is 0 Å². The molecule has 0 aromatic heterocycles. The van der Waals surface area contributed by atoms with E-state index in [1.807, 2.05) is 0 Å². The van der Waals surface area contributed by atoms with Gasteiger partial charge in [-0.25, -0.2) is 0 Å². The molecule has 11 heavy (non-hydrogen) atoms. The summed E-state index contributed by atoms with van der Waals surface area (Å²) in [5.41, 5.74) is 4.01. The van der Waals surface area contributed by atoms with Gasteiger partial charge in [0, 0.05) is 12.0 Å². The van der Waals surface area contributed by atoms with E-state index in [2.05, 4.69) is 25.1 Å². The third kappa shape index (κ3) is 0.519. The molecule has 4 bridgehead atoms. The summed E-state index contributed by atoms with van der Waals surface area (Å²) in [6, 6.07) is 6.42. The Bertz CT molecular complexity index is 398. The van der Waals surface area contributed by atoms with Crippen LogP contribution in [0.1, 0.15) is 16.9 Å². The molecule has 0 unspecified atom stereocenters. The van der Waals surface area contributed by atoms with E-state index in [0.29, 0.717) is 0 Å². The zero-order valence-electron chi connectivity index (χ0n) is 6.35. The summed E-state index contributed by atoms with van der Waals surface area (Å²) in [6.07, 6.45) is 0.998. The van der Waals surface area contributed by atoms with Crippen molar-refractivity contribution in [1.82, 2.24) is 0 Å². The Morgan fingerprint density at radius 2 is 2.27 bits per heavy atom. The summed E-state index contributed by atoms with van der Waals surface area (Å²) in [5, 5.41) is 0. The molecule has 0 radical (unpaired) electrons. The lowest BCUT2D eigenvalue weighted by Crippen LogP contribution is -1.99. The van der Waals surface area contributed by atoms with Crippen molar-refractivity contribution in [2.75, 3.05) is 0 Å². The summed E-state index contributed by atoms with van der Waals surface area (Å²) < 4.78 is 5.61. The third-order valence-corrected chi connectivity index (χ3v) is 2.43. The molecule has 0 N–H and O–H groups in total. The summed E-state index contributed by atoms with van der Waals surface area (Å²) in [4.78, 5) is 0. The lowest BCUT2D eigenvalue weighted by Gasteiger charge is -2.15. The molecule has 2 aliphatic carbocycles. The maximum atomic E-state index is 5.61. The number of hydrogen-bond acceptors (Lipinski definition) is 1. The second kappa shape index (κ2) is 1.50. The van der Waals surface area contributed by atoms with Gasteiger partial charge in [0.2, 0.25) is 0 Å². The molecule has 0 saturated heterocycles. The Labute approximate surface area is 65.0 Å². The summed E-state index contributed by atoms with van der Waals surface area (Å²) >= 11 is 0. The third-order valence-electron chi connectivity index (χ3n) is 2.43. The highest BCUT2D eigenvalue weighted by Gasteiger charge is 2.21. The van der Waals surface area contributed by atoms with Crippen LogP contribution in [-0.4, -0.2) is 0 Å². The van der Waals surface area contributed by atoms with Crippen LogP contribution in [0.3, 0.4) is 0 Å². The molecule has 0 saturated carbocycles. The van der Waals surface area contributed by atoms with Gasteiger partial charge in [0.15, 0.2) is 0 Å². The predicted molar refractivity (Wildman–Crippen MR) is 42.9 cm³/mol. The van der Waals surface area contributed by atoms with Gasteiger partial charge in [-0.15, -0.1) is 0 Å². The standard InChI is InChI=1S/C10H8O/c1-6-4-8-7-2-3-9(8)11-10(6)5-7/h2-4H,5H2,1H3. The first-order valence-electron chi connectivity index (χ1n) is 3.85. The van der Waals surface area contributed by atoms with Gasteiger partial charge >= 0.3 is 0 Å². The fourth-order valence-corrected chi connectivity index (χ4v) is 1.78. The highest BCUT2D eigenvalue weighted by molar-refractivity contribution is 5.70. The lowest BCUT2D eigenvalue weighted by molar-refractivity contribution is 0.504. The zero-order valence-corrected chi connectivity index (χ0v) is 6.35. The van der Waals surface area contributed by atoms with Gasteiger partial charge in [-0.1, -0.05) is 6.07 Å². The molecule has 54 valence electrons. The molecule has 1 nitrogen and oxygen atoms in total. The molecule has 0 fully saturated rings. The molecule has 4 aliphatic rings. The number of hydrogen-bond donors (Lipinski definition) is 0. The molecule has 4 rings (SSSR count). The molecule has 0 spiro atoms. The van der Waals surface area contributed by atoms with Gasteiger partial charge in [0.1, 0.15) is 11.5 Å². The Morgan fingerprint density at radius 1 is 1.36 bits per heavy atom. The molecule has 0 amide bonds. The summed E-state index contributed by atoms with van der Waals surface area (Å²) in [5.74, 6) is 2.18. The lowest BCUT2D eigenvalue weighted by atomic mass is 9.98. The van der Waals surface area contributed by atoms with Gasteiger partial charge in [0.05, 0.1) is 0 Å². The topological polar surface area (TPSA) is 13.1 Å². The van der Waals surface area contributed by atoms with Crippen molar-refractivity contribution in [3.05, 3.63) is 35.1 Å². The quantitative estimate of drug-likeness (QED) is 0.472. The van der Waals surface area contributed by atoms with E-state index in [-0.39, 0.29) is 0 Å². The maximum Gasteiger partial charge on any atom is 0.134 e. The van der Waals surface area contributed by atoms with Crippen LogP contribution in [0.15, 0.2) is 22.6 Å². The predicted octanol–water partition coefficient (Wildman–Crippen LogP) is 2.60. The van der Waals surface area contributed by atoms with Crippen molar-refractivity contribution < 1.29 is 4.42 Å². The second-order valence-electron chi connectivity index (χ2n) is 3.17. The fraction of sp³-hybridized carbons (Fsp3) is 0.200. The zero-order chi connectivity index (χ0) is 7.42. The molecular formula is C10H8O. The summed E-state index contributed by atoms with van der Waals surface area (Å²) in [7, 11) is 0. The first-order valence-corrected chi connectivity index (χ1v) is 3.85. The van der Waals surface area contributed by atoms with Crippen LogP contribution in [0.5, 0.6) is 0 Å². The SMILES string of the molecule is Cc1cc2c3ccc-2oc1C3. The van der Waals surface area contributed by atoms with E-state index < -0.39 is 0 Å². The Hall–Kier alpha value is -1.24. The van der Waals surface area contributed by atoms with E-state index in [0.717, 1.165) is 17.9 Å².